The Labute approximate surface area is 151 Å². The quantitative estimate of drug-likeness (QED) is 0.327. The molecule has 168 valence electrons. The fraction of sp³-hybridized carbons (Fsp3) is 0.556. The number of ether oxygens (including phenoxy) is 1. The van der Waals surface area contributed by atoms with Crippen molar-refractivity contribution in [3.8, 4) is 0 Å². The normalized spacial score (nSPS) is 19.9. The molecule has 17 nitrogen and oxygen atoms in total. The molecule has 0 aliphatic carbocycles. The molecule has 0 bridgehead atoms. The molecule has 2 rings (SSSR count). The summed E-state index contributed by atoms with van der Waals surface area (Å²) < 4.78 is 21.3. The summed E-state index contributed by atoms with van der Waals surface area (Å²) in [5, 5.41) is 9.74. The second-order valence-corrected chi connectivity index (χ2v) is 5.50. The van der Waals surface area contributed by atoms with Crippen LogP contribution in [0.15, 0.2) is 17.1 Å². The van der Waals surface area contributed by atoms with Crippen LogP contribution >= 0.6 is 7.82 Å². The van der Waals surface area contributed by atoms with Crippen LogP contribution in [-0.4, -0.2) is 81.6 Å². The van der Waals surface area contributed by atoms with Crippen LogP contribution < -0.4 is 11.4 Å². The number of hydrogen-bond donors (Lipinski definition) is 4. The SMILES string of the molecule is Nc1ccn([C@H]2C[C@H](O)[C@@H](COP(=O)(O)O)O2)c(=O)n1.O.O.O.O.O.O.O. The van der Waals surface area contributed by atoms with Crippen molar-refractivity contribution in [3.63, 3.8) is 0 Å². The molecule has 3 atom stereocenters. The van der Waals surface area contributed by atoms with Crippen LogP contribution in [0.5, 0.6) is 0 Å². The van der Waals surface area contributed by atoms with E-state index in [4.69, 9.17) is 20.3 Å². The molecule has 1 aromatic heterocycles. The van der Waals surface area contributed by atoms with E-state index in [9.17, 15) is 14.5 Å². The number of anilines is 1. The Morgan fingerprint density at radius 3 is 2.19 bits per heavy atom. The van der Waals surface area contributed by atoms with E-state index in [1.807, 2.05) is 0 Å². The van der Waals surface area contributed by atoms with Gasteiger partial charge < -0.3 is 63.7 Å². The number of nitrogen functional groups attached to an aromatic ring is 1. The van der Waals surface area contributed by atoms with Gasteiger partial charge in [0.25, 0.3) is 0 Å². The summed E-state index contributed by atoms with van der Waals surface area (Å²) in [4.78, 5) is 32.3. The topological polar surface area (TPSA) is 378 Å². The minimum Gasteiger partial charge on any atom is -0.412 e. The Morgan fingerprint density at radius 2 is 1.74 bits per heavy atom. The minimum absolute atomic E-state index is 0. The minimum atomic E-state index is -4.64. The maximum absolute atomic E-state index is 11.6. The Balaban J connectivity index is -0.000000157. The molecule has 19 N–H and O–H groups in total. The van der Waals surface area contributed by atoms with Gasteiger partial charge in [0.15, 0.2) is 0 Å². The first-order chi connectivity index (χ1) is 9.26. The highest BCUT2D eigenvalue weighted by atomic mass is 31.2. The van der Waals surface area contributed by atoms with Crippen LogP contribution in [0.2, 0.25) is 0 Å². The summed E-state index contributed by atoms with van der Waals surface area (Å²) in [7, 11) is -4.64. The Bertz CT molecular complexity index is 593. The number of nitrogens with zero attached hydrogens (tertiary/aromatic N) is 2. The summed E-state index contributed by atoms with van der Waals surface area (Å²) in [6, 6.07) is 1.40. The predicted octanol–water partition coefficient (Wildman–Crippen LogP) is -7.19. The van der Waals surface area contributed by atoms with Crippen molar-refractivity contribution in [1.29, 1.82) is 0 Å². The van der Waals surface area contributed by atoms with E-state index in [1.165, 1.54) is 12.3 Å². The smallest absolute Gasteiger partial charge is 0.412 e. The first-order valence-electron chi connectivity index (χ1n) is 5.64. The van der Waals surface area contributed by atoms with Crippen LogP contribution in [0.25, 0.3) is 0 Å². The number of hydrogen-bond acceptors (Lipinski definition) is 7. The molecule has 0 radical (unpaired) electrons. The summed E-state index contributed by atoms with van der Waals surface area (Å²) in [6.45, 7) is -0.487. The molecule has 0 saturated carbocycles. The molecule has 1 aliphatic heterocycles. The van der Waals surface area contributed by atoms with Gasteiger partial charge in [0.2, 0.25) is 0 Å². The number of nitrogens with two attached hydrogens (primary N) is 1. The zero-order chi connectivity index (χ0) is 14.9. The zero-order valence-electron chi connectivity index (χ0n) is 13.7. The molecule has 1 aromatic rings. The molecular weight excluding hydrogens is 405 g/mol. The Hall–Kier alpha value is -1.57. The van der Waals surface area contributed by atoms with Crippen molar-refractivity contribution in [2.75, 3.05) is 12.3 Å². The van der Waals surface area contributed by atoms with Crippen molar-refractivity contribution in [3.05, 3.63) is 22.7 Å². The highest BCUT2D eigenvalue weighted by molar-refractivity contribution is 7.46. The van der Waals surface area contributed by atoms with Crippen LogP contribution in [0, 0.1) is 0 Å². The number of aliphatic hydroxyl groups is 1. The lowest BCUT2D eigenvalue weighted by atomic mass is 10.2. The standard InChI is InChI=1S/C9H14N3O7P.7H2O/c10-7-1-2-12(9(14)11-7)8-3-5(13)6(19-8)4-18-20(15,16)17;;;;;;;/h1-2,5-6,8,13H,3-4H2,(H2,10,11,14)(H2,15,16,17);7*1H2/t5-,6+,8+;;;;;;;/m0......./s1. The number of rotatable bonds is 4. The number of phosphoric ester groups is 1. The molecule has 1 fully saturated rings. The lowest BCUT2D eigenvalue weighted by molar-refractivity contribution is -0.0450. The van der Waals surface area contributed by atoms with Gasteiger partial charge in [-0.1, -0.05) is 0 Å². The van der Waals surface area contributed by atoms with E-state index in [0.29, 0.717) is 0 Å². The van der Waals surface area contributed by atoms with E-state index in [-0.39, 0.29) is 50.6 Å². The van der Waals surface area contributed by atoms with Crippen molar-refractivity contribution >= 4 is 13.6 Å². The summed E-state index contributed by atoms with van der Waals surface area (Å²) in [6.07, 6.45) is -1.32. The molecule has 18 heteroatoms. The summed E-state index contributed by atoms with van der Waals surface area (Å²) >= 11 is 0. The van der Waals surface area contributed by atoms with Crippen LogP contribution in [0.1, 0.15) is 12.6 Å². The van der Waals surface area contributed by atoms with Gasteiger partial charge in [-0.25, -0.2) is 9.36 Å². The molecule has 0 unspecified atom stereocenters. The van der Waals surface area contributed by atoms with Crippen LogP contribution in [0.3, 0.4) is 0 Å². The molecule has 0 spiro atoms. The zero-order valence-corrected chi connectivity index (χ0v) is 14.6. The number of aromatic nitrogens is 2. The molecule has 0 amide bonds. The molecule has 27 heavy (non-hydrogen) atoms. The molecule has 2 heterocycles. The highest BCUT2D eigenvalue weighted by Crippen LogP contribution is 2.38. The number of phosphoric acid groups is 1. The van der Waals surface area contributed by atoms with Crippen molar-refractivity contribution < 1.29 is 67.1 Å². The van der Waals surface area contributed by atoms with Gasteiger partial charge in [-0.2, -0.15) is 4.98 Å². The maximum Gasteiger partial charge on any atom is 0.469 e. The van der Waals surface area contributed by atoms with Crippen LogP contribution in [0.4, 0.5) is 5.82 Å². The van der Waals surface area contributed by atoms with Gasteiger partial charge in [-0.05, 0) is 6.07 Å². The Morgan fingerprint density at radius 1 is 1.22 bits per heavy atom. The highest BCUT2D eigenvalue weighted by Gasteiger charge is 2.36. The average Bonchev–Trinajstić information content (AvgIpc) is 2.67. The summed E-state index contributed by atoms with van der Waals surface area (Å²) in [5.41, 5.74) is 4.72. The average molecular weight is 433 g/mol. The van der Waals surface area contributed by atoms with E-state index < -0.39 is 38.6 Å². The third-order valence-corrected chi connectivity index (χ3v) is 3.26. The number of aliphatic hydroxyl groups excluding tert-OH is 1. The molecular formula is C9H28N3O14P. The monoisotopic (exact) mass is 433 g/mol. The first kappa shape index (κ1) is 40.2. The van der Waals surface area contributed by atoms with Gasteiger partial charge in [-0.15, -0.1) is 0 Å². The van der Waals surface area contributed by atoms with Gasteiger partial charge in [-0.3, -0.25) is 9.09 Å². The van der Waals surface area contributed by atoms with Crippen molar-refractivity contribution in [2.45, 2.75) is 24.9 Å². The lowest BCUT2D eigenvalue weighted by Gasteiger charge is -2.16. The van der Waals surface area contributed by atoms with E-state index >= 15 is 0 Å². The van der Waals surface area contributed by atoms with E-state index in [2.05, 4.69) is 9.51 Å². The summed E-state index contributed by atoms with van der Waals surface area (Å²) in [5.74, 6) is 0.0613. The van der Waals surface area contributed by atoms with Gasteiger partial charge >= 0.3 is 13.5 Å². The van der Waals surface area contributed by atoms with Crippen LogP contribution in [-0.2, 0) is 13.8 Å². The van der Waals surface area contributed by atoms with Crippen molar-refractivity contribution in [1.82, 2.24) is 9.55 Å². The Kier molecular flexibility index (Phi) is 23.1. The second kappa shape index (κ2) is 15.5. The maximum atomic E-state index is 11.6. The fourth-order valence-electron chi connectivity index (χ4n) is 1.85. The van der Waals surface area contributed by atoms with E-state index in [0.717, 1.165) is 4.57 Å². The second-order valence-electron chi connectivity index (χ2n) is 4.26. The van der Waals surface area contributed by atoms with Gasteiger partial charge in [0, 0.05) is 12.6 Å². The first-order valence-corrected chi connectivity index (χ1v) is 7.17. The van der Waals surface area contributed by atoms with Gasteiger partial charge in [0.1, 0.15) is 18.1 Å². The molecule has 0 aromatic carbocycles. The largest absolute Gasteiger partial charge is 0.469 e. The van der Waals surface area contributed by atoms with Gasteiger partial charge in [0.05, 0.1) is 12.7 Å². The molecule has 1 aliphatic rings. The fourth-order valence-corrected chi connectivity index (χ4v) is 2.19. The predicted molar refractivity (Wildman–Crippen MR) is 90.7 cm³/mol. The van der Waals surface area contributed by atoms with E-state index in [1.54, 1.807) is 0 Å². The molecule has 1 saturated heterocycles. The lowest BCUT2D eigenvalue weighted by Crippen LogP contribution is -2.28. The van der Waals surface area contributed by atoms with Crippen molar-refractivity contribution in [2.24, 2.45) is 0 Å². The third kappa shape index (κ3) is 11.0. The third-order valence-electron chi connectivity index (χ3n) is 2.77.